The summed E-state index contributed by atoms with van der Waals surface area (Å²) < 4.78 is 32.4. The highest BCUT2D eigenvalue weighted by Crippen LogP contribution is 2.29. The molecule has 30 heavy (non-hydrogen) atoms. The van der Waals surface area contributed by atoms with Crippen molar-refractivity contribution < 1.29 is 22.7 Å². The number of rotatable bonds is 6. The van der Waals surface area contributed by atoms with E-state index in [-0.39, 0.29) is 11.5 Å². The number of anilines is 1. The van der Waals surface area contributed by atoms with Crippen LogP contribution >= 0.6 is 0 Å². The third-order valence-corrected chi connectivity index (χ3v) is 6.02. The highest BCUT2D eigenvalue weighted by molar-refractivity contribution is 7.92. The number of hydrogen-bond acceptors (Lipinski definition) is 5. The van der Waals surface area contributed by atoms with E-state index < -0.39 is 28.4 Å². The minimum Gasteiger partial charge on any atom is -0.465 e. The average molecular weight is 429 g/mol. The number of sulfonamides is 1. The zero-order chi connectivity index (χ0) is 22.1. The fraction of sp³-hybridized carbons (Fsp3) is 0.273. The van der Waals surface area contributed by atoms with Crippen molar-refractivity contribution in [3.63, 3.8) is 0 Å². The third kappa shape index (κ3) is 4.09. The van der Waals surface area contributed by atoms with Crippen molar-refractivity contribution in [1.82, 2.24) is 4.57 Å². The quantitative estimate of drug-likeness (QED) is 0.560. The minimum absolute atomic E-state index is 0.0684. The highest BCUT2D eigenvalue weighted by atomic mass is 32.2. The molecule has 3 aromatic rings. The van der Waals surface area contributed by atoms with E-state index in [9.17, 15) is 18.0 Å². The summed E-state index contributed by atoms with van der Waals surface area (Å²) in [5.74, 6) is -0.980. The second-order valence-electron chi connectivity index (χ2n) is 7.30. The number of esters is 1. The molecule has 8 heteroatoms. The zero-order valence-corrected chi connectivity index (χ0v) is 18.1. The molecule has 3 rings (SSSR count). The normalized spacial score (nSPS) is 11.6. The Labute approximate surface area is 175 Å². The molecule has 0 bridgehead atoms. The molecule has 0 amide bonds. The summed E-state index contributed by atoms with van der Waals surface area (Å²) in [7, 11) is -2.47. The average Bonchev–Trinajstić information content (AvgIpc) is 3.10. The Hall–Kier alpha value is -3.13. The van der Waals surface area contributed by atoms with E-state index >= 15 is 0 Å². The van der Waals surface area contributed by atoms with Crippen LogP contribution in [-0.4, -0.2) is 44.8 Å². The van der Waals surface area contributed by atoms with Gasteiger partial charge in [0.05, 0.1) is 30.1 Å². The molecular weight excluding hydrogens is 404 g/mol. The lowest BCUT2D eigenvalue weighted by molar-refractivity contribution is 0.0603. The maximum absolute atomic E-state index is 13.2. The van der Waals surface area contributed by atoms with Crippen LogP contribution in [0.3, 0.4) is 0 Å². The topological polar surface area (TPSA) is 85.7 Å². The molecule has 1 aromatic heterocycles. The molecule has 158 valence electrons. The van der Waals surface area contributed by atoms with Gasteiger partial charge < -0.3 is 4.74 Å². The number of fused-ring (bicyclic) bond motifs is 1. The van der Waals surface area contributed by atoms with Gasteiger partial charge in [-0.25, -0.2) is 13.2 Å². The first-order valence-electron chi connectivity index (χ1n) is 9.43. The standard InChI is InChI=1S/C22H24N2O5S/c1-15(2)16-9-5-8-12-20(16)24(30(4,27)28)14-21(25)23-13-18(22(26)29-3)17-10-6-7-11-19(17)23/h5-13,15H,14H2,1-4H3. The van der Waals surface area contributed by atoms with Gasteiger partial charge in [-0.3, -0.25) is 13.7 Å². The van der Waals surface area contributed by atoms with Crippen molar-refractivity contribution in [3.05, 3.63) is 65.9 Å². The van der Waals surface area contributed by atoms with E-state index in [1.807, 2.05) is 26.0 Å². The van der Waals surface area contributed by atoms with E-state index in [0.29, 0.717) is 16.6 Å². The summed E-state index contributed by atoms with van der Waals surface area (Å²) in [6, 6.07) is 14.0. The first-order chi connectivity index (χ1) is 14.1. The molecule has 1 heterocycles. The van der Waals surface area contributed by atoms with Crippen molar-refractivity contribution in [2.45, 2.75) is 19.8 Å². The van der Waals surface area contributed by atoms with Crippen LogP contribution < -0.4 is 4.31 Å². The van der Waals surface area contributed by atoms with Crippen molar-refractivity contribution in [3.8, 4) is 0 Å². The van der Waals surface area contributed by atoms with E-state index in [4.69, 9.17) is 4.74 Å². The molecule has 0 fully saturated rings. The van der Waals surface area contributed by atoms with Crippen LogP contribution in [0.4, 0.5) is 5.69 Å². The molecule has 0 aliphatic carbocycles. The van der Waals surface area contributed by atoms with Crippen LogP contribution in [0.25, 0.3) is 10.9 Å². The van der Waals surface area contributed by atoms with Gasteiger partial charge in [0, 0.05) is 11.6 Å². The predicted molar refractivity (Wildman–Crippen MR) is 117 cm³/mol. The summed E-state index contributed by atoms with van der Waals surface area (Å²) >= 11 is 0. The molecule has 0 atom stereocenters. The van der Waals surface area contributed by atoms with Crippen LogP contribution in [-0.2, 0) is 14.8 Å². The summed E-state index contributed by atoms with van der Waals surface area (Å²) in [4.78, 5) is 25.3. The summed E-state index contributed by atoms with van der Waals surface area (Å²) in [5.41, 5.74) is 2.04. The van der Waals surface area contributed by atoms with Gasteiger partial charge in [-0.15, -0.1) is 0 Å². The monoisotopic (exact) mass is 428 g/mol. The second-order valence-corrected chi connectivity index (χ2v) is 9.21. The van der Waals surface area contributed by atoms with E-state index in [1.54, 1.807) is 36.4 Å². The first-order valence-corrected chi connectivity index (χ1v) is 11.3. The number of aromatic nitrogens is 1. The SMILES string of the molecule is COC(=O)c1cn(C(=O)CN(c2ccccc2C(C)C)S(C)(=O)=O)c2ccccc12. The smallest absolute Gasteiger partial charge is 0.340 e. The third-order valence-electron chi connectivity index (χ3n) is 4.89. The number of para-hydroxylation sites is 2. The number of nitrogens with zero attached hydrogens (tertiary/aromatic N) is 2. The number of ether oxygens (including phenoxy) is 1. The number of carbonyl (C=O) groups is 2. The zero-order valence-electron chi connectivity index (χ0n) is 17.3. The number of carbonyl (C=O) groups excluding carboxylic acids is 2. The molecule has 0 aliphatic rings. The molecule has 7 nitrogen and oxygen atoms in total. The van der Waals surface area contributed by atoms with Gasteiger partial charge in [0.1, 0.15) is 6.54 Å². The fourth-order valence-electron chi connectivity index (χ4n) is 3.44. The van der Waals surface area contributed by atoms with Gasteiger partial charge in [-0.05, 0) is 23.6 Å². The fourth-order valence-corrected chi connectivity index (χ4v) is 4.31. The van der Waals surface area contributed by atoms with Crippen LogP contribution in [0.15, 0.2) is 54.7 Å². The Morgan fingerprint density at radius 3 is 2.33 bits per heavy atom. The van der Waals surface area contributed by atoms with E-state index in [2.05, 4.69) is 0 Å². The van der Waals surface area contributed by atoms with Crippen molar-refractivity contribution in [1.29, 1.82) is 0 Å². The molecule has 0 radical (unpaired) electrons. The Kier molecular flexibility index (Phi) is 5.98. The summed E-state index contributed by atoms with van der Waals surface area (Å²) in [6.07, 6.45) is 2.47. The van der Waals surface area contributed by atoms with Gasteiger partial charge in [0.2, 0.25) is 10.0 Å². The van der Waals surface area contributed by atoms with Crippen molar-refractivity contribution in [2.24, 2.45) is 0 Å². The molecule has 2 aromatic carbocycles. The number of hydrogen-bond donors (Lipinski definition) is 0. The van der Waals surface area contributed by atoms with Crippen LogP contribution in [0.2, 0.25) is 0 Å². The highest BCUT2D eigenvalue weighted by Gasteiger charge is 2.26. The predicted octanol–water partition coefficient (Wildman–Crippen LogP) is 3.66. The van der Waals surface area contributed by atoms with Crippen LogP contribution in [0.1, 0.15) is 40.5 Å². The molecule has 0 aliphatic heterocycles. The first kappa shape index (κ1) is 21.6. The summed E-state index contributed by atoms with van der Waals surface area (Å²) in [5, 5.41) is 0.561. The number of benzene rings is 2. The minimum atomic E-state index is -3.74. The lowest BCUT2D eigenvalue weighted by Crippen LogP contribution is -2.37. The van der Waals surface area contributed by atoms with E-state index in [0.717, 1.165) is 16.1 Å². The molecule has 0 spiro atoms. The lowest BCUT2D eigenvalue weighted by Gasteiger charge is -2.25. The molecule has 0 saturated carbocycles. The molecular formula is C22H24N2O5S. The maximum Gasteiger partial charge on any atom is 0.340 e. The van der Waals surface area contributed by atoms with Crippen LogP contribution in [0, 0.1) is 0 Å². The van der Waals surface area contributed by atoms with Gasteiger partial charge in [-0.1, -0.05) is 50.2 Å². The van der Waals surface area contributed by atoms with Gasteiger partial charge in [0.15, 0.2) is 0 Å². The Morgan fingerprint density at radius 1 is 1.07 bits per heavy atom. The van der Waals surface area contributed by atoms with Crippen LogP contribution in [0.5, 0.6) is 0 Å². The molecule has 0 N–H and O–H groups in total. The Balaban J connectivity index is 2.08. The summed E-state index contributed by atoms with van der Waals surface area (Å²) in [6.45, 7) is 3.52. The number of methoxy groups -OCH3 is 1. The van der Waals surface area contributed by atoms with Gasteiger partial charge >= 0.3 is 5.97 Å². The van der Waals surface area contributed by atoms with E-state index in [1.165, 1.54) is 17.9 Å². The van der Waals surface area contributed by atoms with Crippen molar-refractivity contribution >= 4 is 38.5 Å². The second kappa shape index (κ2) is 8.31. The van der Waals surface area contributed by atoms with Gasteiger partial charge in [0.25, 0.3) is 5.91 Å². The van der Waals surface area contributed by atoms with Gasteiger partial charge in [-0.2, -0.15) is 0 Å². The molecule has 0 saturated heterocycles. The van der Waals surface area contributed by atoms with Crippen molar-refractivity contribution in [2.75, 3.05) is 24.2 Å². The largest absolute Gasteiger partial charge is 0.465 e. The lowest BCUT2D eigenvalue weighted by atomic mass is 10.0. The molecule has 0 unspecified atom stereocenters. The Morgan fingerprint density at radius 2 is 1.70 bits per heavy atom. The Bertz CT molecular complexity index is 1210. The maximum atomic E-state index is 13.2.